The third kappa shape index (κ3) is 3.56. The van der Waals surface area contributed by atoms with Crippen LogP contribution in [0.2, 0.25) is 0 Å². The van der Waals surface area contributed by atoms with Crippen LogP contribution in [0.5, 0.6) is 0 Å². The normalized spacial score (nSPS) is 19.8. The van der Waals surface area contributed by atoms with Crippen LogP contribution < -0.4 is 0 Å². The molecule has 1 amide bonds. The smallest absolute Gasteiger partial charge is 0.230 e. The predicted molar refractivity (Wildman–Crippen MR) is 71.9 cm³/mol. The van der Waals surface area contributed by atoms with E-state index in [-0.39, 0.29) is 42.8 Å². The second-order valence-electron chi connectivity index (χ2n) is 5.07. The van der Waals surface area contributed by atoms with Crippen molar-refractivity contribution in [2.75, 3.05) is 24.6 Å². The van der Waals surface area contributed by atoms with E-state index in [1.807, 2.05) is 13.8 Å². The standard InChI is InChI=1S/C12H19N3O4S/c1-3-9(2)12-13-10(14-19-12)8-11(16)15-4-6-20(17,18)7-5-15/h9H,3-8H2,1-2H3. The molecule has 8 heteroatoms. The fraction of sp³-hybridized carbons (Fsp3) is 0.750. The van der Waals surface area contributed by atoms with Gasteiger partial charge in [-0.1, -0.05) is 19.0 Å². The zero-order chi connectivity index (χ0) is 14.8. The van der Waals surface area contributed by atoms with Crippen molar-refractivity contribution in [2.24, 2.45) is 0 Å². The Hall–Kier alpha value is -1.44. The Balaban J connectivity index is 1.93. The average molecular weight is 301 g/mol. The summed E-state index contributed by atoms with van der Waals surface area (Å²) in [6.45, 7) is 4.50. The van der Waals surface area contributed by atoms with Crippen LogP contribution in [-0.2, 0) is 21.1 Å². The van der Waals surface area contributed by atoms with Crippen LogP contribution >= 0.6 is 0 Å². The second kappa shape index (κ2) is 5.90. The molecule has 2 rings (SSSR count). The van der Waals surface area contributed by atoms with Gasteiger partial charge in [0.2, 0.25) is 11.8 Å². The number of carbonyl (C=O) groups excluding carboxylic acids is 1. The van der Waals surface area contributed by atoms with Gasteiger partial charge in [-0.15, -0.1) is 0 Å². The highest BCUT2D eigenvalue weighted by Gasteiger charge is 2.26. The van der Waals surface area contributed by atoms with Crippen LogP contribution in [0.4, 0.5) is 0 Å². The number of hydrogen-bond donors (Lipinski definition) is 0. The molecule has 1 fully saturated rings. The highest BCUT2D eigenvalue weighted by atomic mass is 32.2. The van der Waals surface area contributed by atoms with E-state index in [4.69, 9.17) is 4.52 Å². The minimum atomic E-state index is -2.98. The van der Waals surface area contributed by atoms with Crippen LogP contribution in [0, 0.1) is 0 Å². The number of rotatable bonds is 4. The van der Waals surface area contributed by atoms with Crippen molar-refractivity contribution >= 4 is 15.7 Å². The number of aromatic nitrogens is 2. The average Bonchev–Trinajstić information content (AvgIpc) is 2.86. The summed E-state index contributed by atoms with van der Waals surface area (Å²) in [7, 11) is -2.98. The van der Waals surface area contributed by atoms with Crippen LogP contribution in [-0.4, -0.2) is 54.0 Å². The van der Waals surface area contributed by atoms with Crippen molar-refractivity contribution in [3.05, 3.63) is 11.7 Å². The number of carbonyl (C=O) groups is 1. The first-order valence-corrected chi connectivity index (χ1v) is 8.54. The molecule has 1 saturated heterocycles. The molecule has 0 saturated carbocycles. The van der Waals surface area contributed by atoms with Gasteiger partial charge in [-0.05, 0) is 6.42 Å². The van der Waals surface area contributed by atoms with E-state index in [1.165, 1.54) is 0 Å². The molecule has 0 aliphatic carbocycles. The Morgan fingerprint density at radius 3 is 2.65 bits per heavy atom. The van der Waals surface area contributed by atoms with Gasteiger partial charge in [0.05, 0.1) is 17.9 Å². The van der Waals surface area contributed by atoms with Gasteiger partial charge in [-0.2, -0.15) is 4.98 Å². The Bertz CT molecular complexity index is 567. The van der Waals surface area contributed by atoms with Crippen molar-refractivity contribution in [3.63, 3.8) is 0 Å². The molecule has 1 aliphatic rings. The van der Waals surface area contributed by atoms with E-state index in [0.29, 0.717) is 11.7 Å². The van der Waals surface area contributed by atoms with Gasteiger partial charge in [0.15, 0.2) is 15.7 Å². The third-order valence-corrected chi connectivity index (χ3v) is 5.13. The summed E-state index contributed by atoms with van der Waals surface area (Å²) >= 11 is 0. The largest absolute Gasteiger partial charge is 0.340 e. The molecular formula is C12H19N3O4S. The second-order valence-corrected chi connectivity index (χ2v) is 7.37. The van der Waals surface area contributed by atoms with E-state index < -0.39 is 9.84 Å². The molecule has 0 N–H and O–H groups in total. The summed E-state index contributed by atoms with van der Waals surface area (Å²) in [4.78, 5) is 17.8. The van der Waals surface area contributed by atoms with Crippen LogP contribution in [0.25, 0.3) is 0 Å². The zero-order valence-corrected chi connectivity index (χ0v) is 12.5. The van der Waals surface area contributed by atoms with Gasteiger partial charge in [-0.25, -0.2) is 8.42 Å². The first kappa shape index (κ1) is 15.0. The number of nitrogens with zero attached hydrogens (tertiary/aromatic N) is 3. The number of hydrogen-bond acceptors (Lipinski definition) is 6. The molecule has 0 radical (unpaired) electrons. The molecule has 7 nitrogen and oxygen atoms in total. The fourth-order valence-corrected chi connectivity index (χ4v) is 3.12. The predicted octanol–water partition coefficient (Wildman–Crippen LogP) is 0.383. The maximum atomic E-state index is 12.0. The van der Waals surface area contributed by atoms with Crippen molar-refractivity contribution in [1.29, 1.82) is 0 Å². The van der Waals surface area contributed by atoms with Crippen molar-refractivity contribution in [2.45, 2.75) is 32.6 Å². The van der Waals surface area contributed by atoms with Gasteiger partial charge in [0.1, 0.15) is 0 Å². The van der Waals surface area contributed by atoms with Gasteiger partial charge in [0.25, 0.3) is 0 Å². The van der Waals surface area contributed by atoms with Crippen LogP contribution in [0.1, 0.15) is 37.9 Å². The molecule has 1 atom stereocenters. The maximum absolute atomic E-state index is 12.0. The molecule has 0 spiro atoms. The molecular weight excluding hydrogens is 282 g/mol. The lowest BCUT2D eigenvalue weighted by Crippen LogP contribution is -2.44. The van der Waals surface area contributed by atoms with E-state index in [2.05, 4.69) is 10.1 Å². The number of sulfone groups is 1. The Labute approximate surface area is 118 Å². The molecule has 20 heavy (non-hydrogen) atoms. The van der Waals surface area contributed by atoms with E-state index in [0.717, 1.165) is 6.42 Å². The van der Waals surface area contributed by atoms with E-state index in [1.54, 1.807) is 4.90 Å². The zero-order valence-electron chi connectivity index (χ0n) is 11.7. The molecule has 1 unspecified atom stereocenters. The molecule has 1 aliphatic heterocycles. The Morgan fingerprint density at radius 1 is 1.40 bits per heavy atom. The van der Waals surface area contributed by atoms with Crippen LogP contribution in [0.3, 0.4) is 0 Å². The molecule has 112 valence electrons. The van der Waals surface area contributed by atoms with Gasteiger partial charge in [0, 0.05) is 19.0 Å². The molecule has 0 aromatic carbocycles. The highest BCUT2D eigenvalue weighted by Crippen LogP contribution is 2.16. The molecule has 0 bridgehead atoms. The first-order valence-electron chi connectivity index (χ1n) is 6.72. The van der Waals surface area contributed by atoms with Crippen LogP contribution in [0.15, 0.2) is 4.52 Å². The molecule has 2 heterocycles. The summed E-state index contributed by atoms with van der Waals surface area (Å²) in [5.74, 6) is 0.977. The van der Waals surface area contributed by atoms with Gasteiger partial charge in [-0.3, -0.25) is 4.79 Å². The van der Waals surface area contributed by atoms with Gasteiger partial charge < -0.3 is 9.42 Å². The quantitative estimate of drug-likeness (QED) is 0.798. The number of amides is 1. The lowest BCUT2D eigenvalue weighted by molar-refractivity contribution is -0.130. The Morgan fingerprint density at radius 2 is 2.05 bits per heavy atom. The first-order chi connectivity index (χ1) is 9.41. The third-order valence-electron chi connectivity index (χ3n) is 3.52. The monoisotopic (exact) mass is 301 g/mol. The summed E-state index contributed by atoms with van der Waals surface area (Å²) in [5.41, 5.74) is 0. The van der Waals surface area contributed by atoms with Crippen molar-refractivity contribution in [3.8, 4) is 0 Å². The van der Waals surface area contributed by atoms with Crippen molar-refractivity contribution in [1.82, 2.24) is 15.0 Å². The summed E-state index contributed by atoms with van der Waals surface area (Å²) in [6.07, 6.45) is 0.944. The minimum Gasteiger partial charge on any atom is -0.340 e. The lowest BCUT2D eigenvalue weighted by Gasteiger charge is -2.26. The Kier molecular flexibility index (Phi) is 4.42. The molecule has 1 aromatic rings. The SMILES string of the molecule is CCC(C)c1nc(CC(=O)N2CCS(=O)(=O)CC2)no1. The summed E-state index contributed by atoms with van der Waals surface area (Å²) < 4.78 is 27.7. The maximum Gasteiger partial charge on any atom is 0.230 e. The summed E-state index contributed by atoms with van der Waals surface area (Å²) in [5, 5.41) is 3.80. The lowest BCUT2D eigenvalue weighted by atomic mass is 10.1. The fourth-order valence-electron chi connectivity index (χ4n) is 1.92. The highest BCUT2D eigenvalue weighted by molar-refractivity contribution is 7.91. The molecule has 1 aromatic heterocycles. The topological polar surface area (TPSA) is 93.4 Å². The van der Waals surface area contributed by atoms with E-state index >= 15 is 0 Å². The van der Waals surface area contributed by atoms with E-state index in [9.17, 15) is 13.2 Å². The van der Waals surface area contributed by atoms with Crippen molar-refractivity contribution < 1.29 is 17.7 Å². The van der Waals surface area contributed by atoms with Gasteiger partial charge >= 0.3 is 0 Å². The minimum absolute atomic E-state index is 0.0309. The summed E-state index contributed by atoms with van der Waals surface area (Å²) in [6, 6.07) is 0.